The second kappa shape index (κ2) is 6.74. The lowest BCUT2D eigenvalue weighted by molar-refractivity contribution is 0.0772. The highest BCUT2D eigenvalue weighted by molar-refractivity contribution is 7.91. The summed E-state index contributed by atoms with van der Waals surface area (Å²) in [6.07, 6.45) is 5.12. The number of carbonyl (C=O) groups is 1. The van der Waals surface area contributed by atoms with Crippen molar-refractivity contribution >= 4 is 15.9 Å². The number of likely N-dealkylation sites (N-methyl/N-ethyl adjacent to an activating group) is 1. The molecule has 0 aromatic carbocycles. The van der Waals surface area contributed by atoms with E-state index >= 15 is 0 Å². The molecule has 22 heavy (non-hydrogen) atoms. The predicted molar refractivity (Wildman–Crippen MR) is 87.6 cm³/mol. The number of hydrogen-bond donors (Lipinski definition) is 2. The minimum absolute atomic E-state index is 0.0107. The maximum Gasteiger partial charge on any atom is 0.315 e. The van der Waals surface area contributed by atoms with Crippen LogP contribution in [0, 0.1) is 5.92 Å². The van der Waals surface area contributed by atoms with E-state index in [-0.39, 0.29) is 29.1 Å². The number of amides is 2. The normalized spacial score (nSPS) is 34.5. The molecule has 7 heteroatoms. The van der Waals surface area contributed by atoms with Crippen molar-refractivity contribution < 1.29 is 13.2 Å². The van der Waals surface area contributed by atoms with E-state index < -0.39 is 9.84 Å². The summed E-state index contributed by atoms with van der Waals surface area (Å²) in [7, 11) is 1.18. The standard InChI is InChI=1S/C15H29N3O3S/c1-12-5-4-7-15(9-12,18(2)3)11-16-14(19)17-13-6-8-22(20,21)10-13/h12-13H,4-11H2,1-3H3,(H2,16,17,19)/t12-,13+,15+/m1/s1. The van der Waals surface area contributed by atoms with Gasteiger partial charge in [-0.3, -0.25) is 0 Å². The van der Waals surface area contributed by atoms with E-state index in [0.29, 0.717) is 18.9 Å². The molecule has 0 bridgehead atoms. The van der Waals surface area contributed by atoms with Crippen LogP contribution in [0.2, 0.25) is 0 Å². The van der Waals surface area contributed by atoms with E-state index in [1.54, 1.807) is 0 Å². The van der Waals surface area contributed by atoms with Crippen molar-refractivity contribution in [3.8, 4) is 0 Å². The van der Waals surface area contributed by atoms with E-state index in [1.807, 2.05) is 0 Å². The Labute approximate surface area is 133 Å². The average molecular weight is 331 g/mol. The molecule has 2 rings (SSSR count). The lowest BCUT2D eigenvalue weighted by Gasteiger charge is -2.45. The fourth-order valence-corrected chi connectivity index (χ4v) is 5.42. The zero-order valence-corrected chi connectivity index (χ0v) is 14.7. The molecule has 0 spiro atoms. The topological polar surface area (TPSA) is 78.5 Å². The molecule has 1 aliphatic heterocycles. The van der Waals surface area contributed by atoms with Gasteiger partial charge in [0.05, 0.1) is 11.5 Å². The van der Waals surface area contributed by atoms with Crippen LogP contribution in [0.5, 0.6) is 0 Å². The van der Waals surface area contributed by atoms with Gasteiger partial charge in [0.2, 0.25) is 0 Å². The SMILES string of the molecule is C[C@@H]1CCC[C@](CNC(=O)N[C@H]2CCS(=O)(=O)C2)(N(C)C)C1. The van der Waals surface area contributed by atoms with Crippen LogP contribution in [-0.2, 0) is 9.84 Å². The second-order valence-electron chi connectivity index (χ2n) is 7.25. The third kappa shape index (κ3) is 4.35. The molecule has 6 nitrogen and oxygen atoms in total. The smallest absolute Gasteiger partial charge is 0.315 e. The van der Waals surface area contributed by atoms with Crippen molar-refractivity contribution in [3.05, 3.63) is 0 Å². The molecule has 3 atom stereocenters. The molecule has 128 valence electrons. The first-order valence-electron chi connectivity index (χ1n) is 8.15. The van der Waals surface area contributed by atoms with Crippen LogP contribution in [0.15, 0.2) is 0 Å². The van der Waals surface area contributed by atoms with Crippen molar-refractivity contribution in [1.29, 1.82) is 0 Å². The molecule has 2 N–H and O–H groups in total. The van der Waals surface area contributed by atoms with Crippen molar-refractivity contribution in [1.82, 2.24) is 15.5 Å². The first-order valence-corrected chi connectivity index (χ1v) is 9.97. The Balaban J connectivity index is 1.86. The minimum atomic E-state index is -2.96. The summed E-state index contributed by atoms with van der Waals surface area (Å²) in [5.74, 6) is 0.911. The molecular formula is C15H29N3O3S. The van der Waals surface area contributed by atoms with Gasteiger partial charge in [0.15, 0.2) is 9.84 Å². The number of carbonyl (C=O) groups excluding carboxylic acids is 1. The summed E-state index contributed by atoms with van der Waals surface area (Å²) >= 11 is 0. The van der Waals surface area contributed by atoms with Crippen molar-refractivity contribution in [2.75, 3.05) is 32.1 Å². The molecular weight excluding hydrogens is 302 g/mol. The van der Waals surface area contributed by atoms with E-state index in [9.17, 15) is 13.2 Å². The summed E-state index contributed by atoms with van der Waals surface area (Å²) in [6, 6.07) is -0.493. The second-order valence-corrected chi connectivity index (χ2v) is 9.48. The largest absolute Gasteiger partial charge is 0.336 e. The summed E-state index contributed by atoms with van der Waals surface area (Å²) in [5.41, 5.74) is 0.0107. The molecule has 0 radical (unpaired) electrons. The summed E-state index contributed by atoms with van der Waals surface area (Å²) in [5, 5.41) is 5.76. The van der Waals surface area contributed by atoms with Crippen LogP contribution in [0.1, 0.15) is 39.0 Å². The number of sulfone groups is 1. The predicted octanol–water partition coefficient (Wildman–Crippen LogP) is 0.983. The lowest BCUT2D eigenvalue weighted by Crippen LogP contribution is -2.56. The average Bonchev–Trinajstić information content (AvgIpc) is 2.75. The fourth-order valence-electron chi connectivity index (χ4n) is 3.75. The maximum atomic E-state index is 12.1. The van der Waals surface area contributed by atoms with Gasteiger partial charge in [-0.1, -0.05) is 19.8 Å². The Morgan fingerprint density at radius 2 is 2.05 bits per heavy atom. The molecule has 0 aromatic heterocycles. The molecule has 1 heterocycles. The molecule has 1 aliphatic carbocycles. The number of nitrogens with zero attached hydrogens (tertiary/aromatic N) is 1. The maximum absolute atomic E-state index is 12.1. The first-order chi connectivity index (χ1) is 10.2. The Morgan fingerprint density at radius 3 is 2.59 bits per heavy atom. The van der Waals surface area contributed by atoms with Gasteiger partial charge < -0.3 is 15.5 Å². The van der Waals surface area contributed by atoms with Gasteiger partial charge in [-0.2, -0.15) is 0 Å². The van der Waals surface area contributed by atoms with Gasteiger partial charge >= 0.3 is 6.03 Å². The van der Waals surface area contributed by atoms with Crippen LogP contribution in [0.4, 0.5) is 4.79 Å². The highest BCUT2D eigenvalue weighted by Crippen LogP contribution is 2.35. The zero-order valence-electron chi connectivity index (χ0n) is 13.9. The Hall–Kier alpha value is -0.820. The zero-order chi connectivity index (χ0) is 16.4. The highest BCUT2D eigenvalue weighted by atomic mass is 32.2. The number of urea groups is 1. The van der Waals surface area contributed by atoms with Crippen LogP contribution in [0.3, 0.4) is 0 Å². The molecule has 2 aliphatic rings. The van der Waals surface area contributed by atoms with E-state index in [4.69, 9.17) is 0 Å². The lowest BCUT2D eigenvalue weighted by atomic mass is 9.75. The quantitative estimate of drug-likeness (QED) is 0.805. The highest BCUT2D eigenvalue weighted by Gasteiger charge is 2.37. The fraction of sp³-hybridized carbons (Fsp3) is 0.933. The van der Waals surface area contributed by atoms with Gasteiger partial charge in [-0.25, -0.2) is 13.2 Å². The van der Waals surface area contributed by atoms with E-state index in [1.165, 1.54) is 12.8 Å². The molecule has 2 fully saturated rings. The molecule has 1 saturated heterocycles. The molecule has 0 aromatic rings. The van der Waals surface area contributed by atoms with Gasteiger partial charge in [-0.15, -0.1) is 0 Å². The van der Waals surface area contributed by atoms with Gasteiger partial charge in [0.25, 0.3) is 0 Å². The van der Waals surface area contributed by atoms with Crippen molar-refractivity contribution in [2.24, 2.45) is 5.92 Å². The molecule has 2 amide bonds. The summed E-state index contributed by atoms with van der Waals surface area (Å²) in [6.45, 7) is 2.87. The Kier molecular flexibility index (Phi) is 5.37. The minimum Gasteiger partial charge on any atom is -0.336 e. The Morgan fingerprint density at radius 1 is 1.32 bits per heavy atom. The third-order valence-electron chi connectivity index (χ3n) is 5.16. The van der Waals surface area contributed by atoms with Crippen LogP contribution < -0.4 is 10.6 Å². The van der Waals surface area contributed by atoms with Gasteiger partial charge in [0, 0.05) is 18.1 Å². The van der Waals surface area contributed by atoms with Crippen molar-refractivity contribution in [3.63, 3.8) is 0 Å². The first kappa shape index (κ1) is 17.5. The van der Waals surface area contributed by atoms with Crippen molar-refractivity contribution in [2.45, 2.75) is 50.6 Å². The molecule has 1 saturated carbocycles. The van der Waals surface area contributed by atoms with E-state index in [0.717, 1.165) is 12.8 Å². The Bertz CT molecular complexity index is 506. The number of hydrogen-bond acceptors (Lipinski definition) is 4. The number of nitrogens with one attached hydrogen (secondary N) is 2. The van der Waals surface area contributed by atoms with Crippen LogP contribution in [0.25, 0.3) is 0 Å². The third-order valence-corrected chi connectivity index (χ3v) is 6.93. The monoisotopic (exact) mass is 331 g/mol. The summed E-state index contributed by atoms with van der Waals surface area (Å²) in [4.78, 5) is 14.3. The summed E-state index contributed by atoms with van der Waals surface area (Å²) < 4.78 is 22.9. The van der Waals surface area contributed by atoms with Crippen LogP contribution in [-0.4, -0.2) is 63.1 Å². The molecule has 0 unspecified atom stereocenters. The number of rotatable bonds is 4. The van der Waals surface area contributed by atoms with Gasteiger partial charge in [-0.05, 0) is 39.3 Å². The van der Waals surface area contributed by atoms with Crippen LogP contribution >= 0.6 is 0 Å². The van der Waals surface area contributed by atoms with E-state index in [2.05, 4.69) is 36.6 Å². The van der Waals surface area contributed by atoms with Gasteiger partial charge in [0.1, 0.15) is 0 Å².